The molecule has 2 N–H and O–H groups in total. The van der Waals surface area contributed by atoms with Crippen LogP contribution >= 0.6 is 12.0 Å². The van der Waals surface area contributed by atoms with E-state index in [9.17, 15) is 9.59 Å². The summed E-state index contributed by atoms with van der Waals surface area (Å²) in [6, 6.07) is 5.78. The first-order chi connectivity index (χ1) is 7.65. The minimum Gasteiger partial charge on any atom is -0.870 e. The molecule has 0 atom stereocenters. The molecule has 0 unspecified atom stereocenters. The van der Waals surface area contributed by atoms with Crippen LogP contribution in [0, 0.1) is 0 Å². The first-order valence-corrected chi connectivity index (χ1v) is 5.73. The van der Waals surface area contributed by atoms with E-state index in [4.69, 9.17) is 9.29 Å². The van der Waals surface area contributed by atoms with E-state index in [0.717, 1.165) is 24.2 Å². The summed E-state index contributed by atoms with van der Waals surface area (Å²) in [5.41, 5.74) is 0.332. The van der Waals surface area contributed by atoms with Crippen molar-refractivity contribution >= 4 is 24.0 Å². The van der Waals surface area contributed by atoms with Crippen LogP contribution in [0.2, 0.25) is 0 Å². The molecule has 1 rings (SSSR count). The Bertz CT molecular complexity index is 397. The van der Waals surface area contributed by atoms with Crippen molar-refractivity contribution in [3.05, 3.63) is 35.4 Å². The second-order valence-electron chi connectivity index (χ2n) is 3.08. The summed E-state index contributed by atoms with van der Waals surface area (Å²) in [5.74, 6) is -0.845. The van der Waals surface area contributed by atoms with Gasteiger partial charge in [0.25, 0.3) is 0 Å². The smallest absolute Gasteiger partial charge is 0.870 e. The van der Waals surface area contributed by atoms with Gasteiger partial charge in [-0.15, -0.1) is 0 Å². The van der Waals surface area contributed by atoms with Gasteiger partial charge in [-0.05, 0) is 24.6 Å². The quantitative estimate of drug-likeness (QED) is 0.441. The molecule has 0 heterocycles. The molecule has 0 aliphatic rings. The van der Waals surface area contributed by atoms with Crippen molar-refractivity contribution in [1.82, 2.24) is 0 Å². The summed E-state index contributed by atoms with van der Waals surface area (Å²) < 4.78 is 4.89. The standard InChI is InChI=1S/C11H12O4S.Na.H2O/c1-2-6-16-15-11(14)9-5-3-4-8(7-9)10(12)13;;/h3-5,7H,2,6H2,1H3,(H,12,13);;1H2/q;+1;/p-1. The van der Waals surface area contributed by atoms with Crippen molar-refractivity contribution in [1.29, 1.82) is 0 Å². The minimum absolute atomic E-state index is 0. The average molecular weight is 280 g/mol. The molecule has 0 amide bonds. The molecule has 0 bridgehead atoms. The Morgan fingerprint density at radius 3 is 2.50 bits per heavy atom. The van der Waals surface area contributed by atoms with Gasteiger partial charge < -0.3 is 14.8 Å². The van der Waals surface area contributed by atoms with Crippen LogP contribution in [0.25, 0.3) is 0 Å². The van der Waals surface area contributed by atoms with Gasteiger partial charge in [0.15, 0.2) is 0 Å². The van der Waals surface area contributed by atoms with Gasteiger partial charge in [-0.25, -0.2) is 9.59 Å². The molecule has 1 aromatic carbocycles. The van der Waals surface area contributed by atoms with Crippen molar-refractivity contribution in [2.75, 3.05) is 5.75 Å². The number of carbonyl (C=O) groups is 2. The molecule has 7 heteroatoms. The monoisotopic (exact) mass is 280 g/mol. The third-order valence-corrected chi connectivity index (χ3v) is 2.61. The number of aromatic carboxylic acids is 1. The molecule has 94 valence electrons. The van der Waals surface area contributed by atoms with Crippen LogP contribution in [0.4, 0.5) is 0 Å². The van der Waals surface area contributed by atoms with Gasteiger partial charge in [0.1, 0.15) is 0 Å². The molecule has 0 fully saturated rings. The summed E-state index contributed by atoms with van der Waals surface area (Å²) in [4.78, 5) is 22.1. The van der Waals surface area contributed by atoms with Crippen LogP contribution in [-0.4, -0.2) is 28.3 Å². The predicted molar refractivity (Wildman–Crippen MR) is 63.5 cm³/mol. The topological polar surface area (TPSA) is 93.6 Å². The van der Waals surface area contributed by atoms with Crippen LogP contribution in [0.5, 0.6) is 0 Å². The largest absolute Gasteiger partial charge is 1.00 e. The number of carbonyl (C=O) groups excluding carboxylic acids is 1. The molecule has 0 aromatic heterocycles. The van der Waals surface area contributed by atoms with E-state index in [1.165, 1.54) is 24.3 Å². The number of hydrogen-bond acceptors (Lipinski definition) is 5. The maximum atomic E-state index is 11.5. The molecule has 18 heavy (non-hydrogen) atoms. The Morgan fingerprint density at radius 2 is 1.94 bits per heavy atom. The Morgan fingerprint density at radius 1 is 1.33 bits per heavy atom. The van der Waals surface area contributed by atoms with Crippen LogP contribution in [0.3, 0.4) is 0 Å². The first-order valence-electron chi connectivity index (χ1n) is 4.82. The third-order valence-electron chi connectivity index (χ3n) is 1.77. The van der Waals surface area contributed by atoms with Crippen molar-refractivity contribution in [2.24, 2.45) is 0 Å². The Kier molecular flexibility index (Phi) is 11.4. The maximum Gasteiger partial charge on any atom is 1.00 e. The second-order valence-corrected chi connectivity index (χ2v) is 3.89. The minimum atomic E-state index is -1.06. The fourth-order valence-electron chi connectivity index (χ4n) is 1.01. The van der Waals surface area contributed by atoms with Gasteiger partial charge in [-0.3, -0.25) is 0 Å². The summed E-state index contributed by atoms with van der Waals surface area (Å²) in [6.07, 6.45) is 0.910. The summed E-state index contributed by atoms with van der Waals surface area (Å²) in [6.45, 7) is 1.98. The van der Waals surface area contributed by atoms with Crippen LogP contribution in [0.1, 0.15) is 34.1 Å². The van der Waals surface area contributed by atoms with E-state index in [0.29, 0.717) is 0 Å². The summed E-state index contributed by atoms with van der Waals surface area (Å²) in [5, 5.41) is 8.75. The zero-order chi connectivity index (χ0) is 12.0. The Labute approximate surface area is 132 Å². The number of carboxylic acid groups (broad SMARTS) is 1. The normalized spacial score (nSPS) is 8.72. The van der Waals surface area contributed by atoms with Crippen LogP contribution < -0.4 is 29.6 Å². The van der Waals surface area contributed by atoms with Crippen LogP contribution in [-0.2, 0) is 4.18 Å². The van der Waals surface area contributed by atoms with Gasteiger partial charge in [0.2, 0.25) is 0 Å². The maximum absolute atomic E-state index is 11.5. The average Bonchev–Trinajstić information content (AvgIpc) is 2.29. The number of benzene rings is 1. The van der Waals surface area contributed by atoms with Gasteiger partial charge in [0.05, 0.1) is 23.2 Å². The number of carboxylic acids is 1. The zero-order valence-electron chi connectivity index (χ0n) is 10.3. The fraction of sp³-hybridized carbons (Fsp3) is 0.273. The first kappa shape index (κ1) is 19.8. The predicted octanol–water partition coefficient (Wildman–Crippen LogP) is -0.573. The second kappa shape index (κ2) is 10.4. The number of hydrogen-bond donors (Lipinski definition) is 1. The molecule has 5 nitrogen and oxygen atoms in total. The van der Waals surface area contributed by atoms with E-state index in [-0.39, 0.29) is 46.2 Å². The molecule has 0 aliphatic carbocycles. The molecule has 0 radical (unpaired) electrons. The van der Waals surface area contributed by atoms with Crippen molar-refractivity contribution in [3.63, 3.8) is 0 Å². The molecule has 0 spiro atoms. The van der Waals surface area contributed by atoms with Gasteiger partial charge in [0, 0.05) is 5.75 Å². The summed E-state index contributed by atoms with van der Waals surface area (Å²) in [7, 11) is 0. The van der Waals surface area contributed by atoms with E-state index >= 15 is 0 Å². The molecule has 0 saturated carbocycles. The van der Waals surface area contributed by atoms with E-state index in [1.54, 1.807) is 0 Å². The third kappa shape index (κ3) is 6.42. The van der Waals surface area contributed by atoms with Crippen molar-refractivity contribution in [2.45, 2.75) is 13.3 Å². The molecular weight excluding hydrogens is 267 g/mol. The summed E-state index contributed by atoms with van der Waals surface area (Å²) >= 11 is 1.07. The number of rotatable bonds is 5. The van der Waals surface area contributed by atoms with Crippen molar-refractivity contribution in [3.8, 4) is 0 Å². The van der Waals surface area contributed by atoms with E-state index < -0.39 is 11.9 Å². The Balaban J connectivity index is 0. The zero-order valence-corrected chi connectivity index (χ0v) is 13.1. The molecule has 0 aliphatic heterocycles. The fourth-order valence-corrected chi connectivity index (χ4v) is 1.46. The van der Waals surface area contributed by atoms with E-state index in [2.05, 4.69) is 0 Å². The molecular formula is C11H13NaO5S. The SMILES string of the molecule is CCCSOC(=O)c1cccc(C(=O)O)c1.[Na+].[OH-]. The van der Waals surface area contributed by atoms with E-state index in [1.807, 2.05) is 6.92 Å². The van der Waals surface area contributed by atoms with Gasteiger partial charge in [-0.2, -0.15) is 0 Å². The Hall–Kier alpha value is -0.530. The van der Waals surface area contributed by atoms with Crippen molar-refractivity contribution < 1.29 is 53.9 Å². The van der Waals surface area contributed by atoms with Crippen LogP contribution in [0.15, 0.2) is 24.3 Å². The van der Waals surface area contributed by atoms with Gasteiger partial charge >= 0.3 is 41.5 Å². The molecule has 0 saturated heterocycles. The van der Waals surface area contributed by atoms with Gasteiger partial charge in [-0.1, -0.05) is 13.0 Å². The molecule has 1 aromatic rings.